The number of morpholine rings is 1. The molecule has 0 aromatic carbocycles. The maximum atomic E-state index is 13.2. The van der Waals surface area contributed by atoms with E-state index in [1.54, 1.807) is 24.0 Å². The molecule has 1 saturated heterocycles. The van der Waals surface area contributed by atoms with Crippen LogP contribution in [0.1, 0.15) is 38.0 Å². The Morgan fingerprint density at radius 3 is 2.56 bits per heavy atom. The van der Waals surface area contributed by atoms with Crippen molar-refractivity contribution in [1.82, 2.24) is 14.5 Å². The summed E-state index contributed by atoms with van der Waals surface area (Å²) in [4.78, 5) is 30.4. The van der Waals surface area contributed by atoms with Crippen LogP contribution in [0.3, 0.4) is 0 Å². The van der Waals surface area contributed by atoms with Gasteiger partial charge in [0.05, 0.1) is 23.3 Å². The number of nitrogens with one attached hydrogen (secondary N) is 1. The number of carbonyl (C=O) groups excluding carboxylic acids is 2. The molecule has 1 aromatic heterocycles. The number of halogens is 1. The van der Waals surface area contributed by atoms with Crippen molar-refractivity contribution < 1.29 is 22.7 Å². The minimum atomic E-state index is -3.77. The van der Waals surface area contributed by atoms with Crippen LogP contribution in [0.15, 0.2) is 23.9 Å². The van der Waals surface area contributed by atoms with E-state index in [1.807, 2.05) is 19.9 Å². The van der Waals surface area contributed by atoms with Gasteiger partial charge in [0.1, 0.15) is 11.7 Å². The fraction of sp³-hybridized carbons (Fsp3) is 0.619. The van der Waals surface area contributed by atoms with E-state index in [2.05, 4.69) is 4.72 Å². The summed E-state index contributed by atoms with van der Waals surface area (Å²) < 4.78 is 33.8. The van der Waals surface area contributed by atoms with Crippen LogP contribution >= 0.6 is 22.9 Å². The van der Waals surface area contributed by atoms with Crippen molar-refractivity contribution >= 4 is 44.8 Å². The molecule has 1 N–H and O–H groups in total. The second-order valence-corrected chi connectivity index (χ2v) is 11.8. The van der Waals surface area contributed by atoms with Crippen molar-refractivity contribution in [3.63, 3.8) is 0 Å². The van der Waals surface area contributed by atoms with Crippen LogP contribution < -0.4 is 4.72 Å². The maximum absolute atomic E-state index is 13.2. The second kappa shape index (κ2) is 10.5. The highest BCUT2D eigenvalue weighted by molar-refractivity contribution is 7.89. The Bertz CT molecular complexity index is 972. The summed E-state index contributed by atoms with van der Waals surface area (Å²) in [5.74, 6) is -1.09. The number of hydrogen-bond acceptors (Lipinski definition) is 6. The predicted molar refractivity (Wildman–Crippen MR) is 125 cm³/mol. The SMILES string of the molecule is CC[C@H](C)[C@@H](C(=O)N1CCOCC1)N1CC=C(NS(=O)(=O)CC(C)c2ccc(Cl)s2)C1=O. The molecular weight excluding hydrogens is 474 g/mol. The Hall–Kier alpha value is -1.62. The Labute approximate surface area is 198 Å². The molecule has 2 aliphatic heterocycles. The normalized spacial score (nSPS) is 20.1. The van der Waals surface area contributed by atoms with E-state index in [-0.39, 0.29) is 35.7 Å². The molecule has 2 amide bonds. The lowest BCUT2D eigenvalue weighted by Gasteiger charge is -2.37. The highest BCUT2D eigenvalue weighted by Crippen LogP contribution is 2.29. The molecule has 32 heavy (non-hydrogen) atoms. The first-order chi connectivity index (χ1) is 15.1. The van der Waals surface area contributed by atoms with Crippen molar-refractivity contribution in [2.45, 2.75) is 39.2 Å². The van der Waals surface area contributed by atoms with Gasteiger partial charge < -0.3 is 14.5 Å². The molecule has 0 spiro atoms. The zero-order valence-electron chi connectivity index (χ0n) is 18.5. The first-order valence-electron chi connectivity index (χ1n) is 10.8. The predicted octanol–water partition coefficient (Wildman–Crippen LogP) is 2.42. The maximum Gasteiger partial charge on any atom is 0.271 e. The molecule has 11 heteroatoms. The molecule has 0 aliphatic carbocycles. The van der Waals surface area contributed by atoms with E-state index in [0.717, 1.165) is 4.88 Å². The fourth-order valence-corrected chi connectivity index (χ4v) is 6.58. The van der Waals surface area contributed by atoms with Crippen LogP contribution in [0.5, 0.6) is 0 Å². The van der Waals surface area contributed by atoms with E-state index in [4.69, 9.17) is 16.3 Å². The number of amides is 2. The average molecular weight is 504 g/mol. The summed E-state index contributed by atoms with van der Waals surface area (Å²) in [7, 11) is -3.77. The lowest BCUT2D eigenvalue weighted by atomic mass is 9.96. The number of rotatable bonds is 9. The molecule has 1 fully saturated rings. The molecule has 0 saturated carbocycles. The van der Waals surface area contributed by atoms with E-state index in [0.29, 0.717) is 37.1 Å². The van der Waals surface area contributed by atoms with Gasteiger partial charge in [0.2, 0.25) is 15.9 Å². The zero-order chi connectivity index (χ0) is 23.5. The highest BCUT2D eigenvalue weighted by atomic mass is 35.5. The smallest absolute Gasteiger partial charge is 0.271 e. The molecule has 0 bridgehead atoms. The molecule has 1 unspecified atom stereocenters. The van der Waals surface area contributed by atoms with Gasteiger partial charge in [-0.15, -0.1) is 11.3 Å². The third-order valence-corrected chi connectivity index (χ3v) is 8.82. The van der Waals surface area contributed by atoms with Crippen molar-refractivity contribution in [1.29, 1.82) is 0 Å². The Morgan fingerprint density at radius 1 is 1.28 bits per heavy atom. The van der Waals surface area contributed by atoms with Crippen molar-refractivity contribution in [2.75, 3.05) is 38.6 Å². The largest absolute Gasteiger partial charge is 0.378 e. The van der Waals surface area contributed by atoms with Gasteiger partial charge in [-0.25, -0.2) is 8.42 Å². The molecule has 0 radical (unpaired) electrons. The molecule has 1 aromatic rings. The Balaban J connectivity index is 1.68. The average Bonchev–Trinajstić information content (AvgIpc) is 3.34. The van der Waals surface area contributed by atoms with Crippen molar-refractivity contribution in [2.24, 2.45) is 5.92 Å². The number of carbonyl (C=O) groups is 2. The number of nitrogens with zero attached hydrogens (tertiary/aromatic N) is 2. The highest BCUT2D eigenvalue weighted by Gasteiger charge is 2.40. The van der Waals surface area contributed by atoms with Crippen LogP contribution in [0, 0.1) is 5.92 Å². The third-order valence-electron chi connectivity index (χ3n) is 5.89. The topological polar surface area (TPSA) is 96.0 Å². The summed E-state index contributed by atoms with van der Waals surface area (Å²) in [6.07, 6.45) is 2.26. The summed E-state index contributed by atoms with van der Waals surface area (Å²) >= 11 is 7.29. The van der Waals surface area contributed by atoms with Gasteiger partial charge in [0, 0.05) is 30.4 Å². The minimum Gasteiger partial charge on any atom is -0.378 e. The summed E-state index contributed by atoms with van der Waals surface area (Å²) in [5, 5.41) is 0. The third kappa shape index (κ3) is 5.84. The van der Waals surface area contributed by atoms with E-state index in [9.17, 15) is 18.0 Å². The number of ether oxygens (including phenoxy) is 1. The zero-order valence-corrected chi connectivity index (χ0v) is 20.9. The van der Waals surface area contributed by atoms with Gasteiger partial charge in [-0.3, -0.25) is 14.3 Å². The standard InChI is InChI=1S/C21H30ClN3O5S2/c1-4-14(2)19(21(27)24-9-11-30-12-10-24)25-8-7-16(20(25)26)23-32(28,29)13-15(3)17-5-6-18(22)31-17/h5-7,14-15,19,23H,4,8-13H2,1-3H3/t14-,15?,19-/m0/s1. The molecule has 2 aliphatic rings. The van der Waals surface area contributed by atoms with Crippen LogP contribution in [0.25, 0.3) is 0 Å². The molecule has 8 nitrogen and oxygen atoms in total. The van der Waals surface area contributed by atoms with Crippen LogP contribution in [-0.2, 0) is 24.3 Å². The number of sulfonamides is 1. The van der Waals surface area contributed by atoms with Gasteiger partial charge in [-0.1, -0.05) is 38.8 Å². The lowest BCUT2D eigenvalue weighted by Crippen LogP contribution is -2.55. The van der Waals surface area contributed by atoms with E-state index in [1.165, 1.54) is 16.2 Å². The van der Waals surface area contributed by atoms with Gasteiger partial charge in [-0.2, -0.15) is 0 Å². The van der Waals surface area contributed by atoms with Gasteiger partial charge in [0.15, 0.2) is 0 Å². The van der Waals surface area contributed by atoms with Gasteiger partial charge in [-0.05, 0) is 24.1 Å². The first-order valence-corrected chi connectivity index (χ1v) is 13.6. The molecule has 3 atom stereocenters. The first kappa shape index (κ1) is 25.0. The van der Waals surface area contributed by atoms with Crippen LogP contribution in [0.4, 0.5) is 0 Å². The number of hydrogen-bond donors (Lipinski definition) is 1. The van der Waals surface area contributed by atoms with Crippen LogP contribution in [0.2, 0.25) is 4.34 Å². The molecule has 3 heterocycles. The van der Waals surface area contributed by atoms with Crippen molar-refractivity contribution in [3.05, 3.63) is 33.1 Å². The Morgan fingerprint density at radius 2 is 1.97 bits per heavy atom. The summed E-state index contributed by atoms with van der Waals surface area (Å²) in [6.45, 7) is 7.84. The fourth-order valence-electron chi connectivity index (χ4n) is 3.93. The molecule has 178 valence electrons. The lowest BCUT2D eigenvalue weighted by molar-refractivity contribution is -0.148. The second-order valence-electron chi connectivity index (χ2n) is 8.27. The molecular formula is C21H30ClN3O5S2. The van der Waals surface area contributed by atoms with Crippen molar-refractivity contribution in [3.8, 4) is 0 Å². The summed E-state index contributed by atoms with van der Waals surface area (Å²) in [6, 6.07) is 2.90. The van der Waals surface area contributed by atoms with Crippen LogP contribution in [-0.4, -0.2) is 74.7 Å². The minimum absolute atomic E-state index is 0.00416. The van der Waals surface area contributed by atoms with E-state index >= 15 is 0 Å². The monoisotopic (exact) mass is 503 g/mol. The quantitative estimate of drug-likeness (QED) is 0.558. The van der Waals surface area contributed by atoms with Gasteiger partial charge >= 0.3 is 0 Å². The van der Waals surface area contributed by atoms with Gasteiger partial charge in [0.25, 0.3) is 5.91 Å². The molecule has 3 rings (SSSR count). The number of thiophene rings is 1. The van der Waals surface area contributed by atoms with E-state index < -0.39 is 22.0 Å². The summed E-state index contributed by atoms with van der Waals surface area (Å²) in [5.41, 5.74) is 0.00416. The Kier molecular flexibility index (Phi) is 8.24.